The maximum absolute atomic E-state index is 13.0. The maximum atomic E-state index is 13.0. The number of rotatable bonds is 4. The first-order valence-electron chi connectivity index (χ1n) is 7.58. The van der Waals surface area contributed by atoms with Crippen molar-refractivity contribution in [1.29, 1.82) is 0 Å². The average molecular weight is 360 g/mol. The van der Waals surface area contributed by atoms with E-state index >= 15 is 0 Å². The summed E-state index contributed by atoms with van der Waals surface area (Å²) in [6.07, 6.45) is -0.766. The van der Waals surface area contributed by atoms with Crippen LogP contribution in [0.25, 0.3) is 0 Å². The minimum absolute atomic E-state index is 0.0595. The van der Waals surface area contributed by atoms with Crippen molar-refractivity contribution in [3.8, 4) is 5.75 Å². The third kappa shape index (κ3) is 4.53. The van der Waals surface area contributed by atoms with Crippen molar-refractivity contribution in [3.05, 3.63) is 65.7 Å². The van der Waals surface area contributed by atoms with Crippen molar-refractivity contribution in [3.63, 3.8) is 0 Å². The fraction of sp³-hybridized carbons (Fsp3) is 0.118. The number of benzene rings is 2. The Balaban J connectivity index is 1.61. The van der Waals surface area contributed by atoms with E-state index in [-0.39, 0.29) is 12.6 Å². The van der Waals surface area contributed by atoms with Gasteiger partial charge in [0.15, 0.2) is 12.8 Å². The summed E-state index contributed by atoms with van der Waals surface area (Å²) < 4.78 is 31.0. The monoisotopic (exact) mass is 360 g/mol. The zero-order valence-electron chi connectivity index (χ0n) is 13.3. The summed E-state index contributed by atoms with van der Waals surface area (Å²) in [5.74, 6) is -1.13. The molecule has 1 unspecified atom stereocenters. The minimum Gasteiger partial charge on any atom is -0.484 e. The van der Waals surface area contributed by atoms with Gasteiger partial charge >= 0.3 is 6.03 Å². The van der Waals surface area contributed by atoms with Crippen LogP contribution in [-0.2, 0) is 4.79 Å². The molecule has 3 N–H and O–H groups in total. The van der Waals surface area contributed by atoms with Gasteiger partial charge in [0, 0.05) is 0 Å². The Morgan fingerprint density at radius 1 is 1.08 bits per heavy atom. The van der Waals surface area contributed by atoms with Crippen LogP contribution in [0.3, 0.4) is 0 Å². The molecule has 1 heterocycles. The summed E-state index contributed by atoms with van der Waals surface area (Å²) in [4.78, 5) is 27.8. The summed E-state index contributed by atoms with van der Waals surface area (Å²) in [6.45, 7) is -0.352. The Labute approximate surface area is 147 Å². The lowest BCUT2D eigenvalue weighted by Gasteiger charge is -2.23. The molecule has 1 atom stereocenters. The molecule has 0 saturated carbocycles. The predicted molar refractivity (Wildman–Crippen MR) is 88.3 cm³/mol. The molecule has 3 amide bonds. The molecular weight excluding hydrogens is 346 g/mol. The van der Waals surface area contributed by atoms with Gasteiger partial charge in [-0.2, -0.15) is 0 Å². The van der Waals surface area contributed by atoms with Crippen LogP contribution >= 0.6 is 0 Å². The van der Waals surface area contributed by atoms with Crippen LogP contribution in [0.4, 0.5) is 13.6 Å². The SMILES string of the molecule is O=C(COc1ccc(F)cc1)NC1=NC(c2ccc(F)cc2)NC(=O)N1. The Bertz CT molecular complexity index is 838. The number of aliphatic imine (C=N–C) groups is 1. The van der Waals surface area contributed by atoms with Gasteiger partial charge in [0.05, 0.1) is 0 Å². The van der Waals surface area contributed by atoms with Gasteiger partial charge < -0.3 is 10.1 Å². The zero-order valence-corrected chi connectivity index (χ0v) is 13.3. The maximum Gasteiger partial charge on any atom is 0.323 e. The number of hydrogen-bond donors (Lipinski definition) is 3. The highest BCUT2D eigenvalue weighted by atomic mass is 19.1. The fourth-order valence-corrected chi connectivity index (χ4v) is 2.18. The molecule has 3 rings (SSSR count). The van der Waals surface area contributed by atoms with Gasteiger partial charge in [-0.05, 0) is 42.0 Å². The molecule has 0 spiro atoms. The standard InChI is InChI=1S/C17H14F2N4O3/c18-11-3-1-10(2-4-11)15-21-16(23-17(25)22-15)20-14(24)9-26-13-7-5-12(19)6-8-13/h1-8,15H,9H2,(H3,20,21,22,23,24,25). The third-order valence-electron chi connectivity index (χ3n) is 3.39. The lowest BCUT2D eigenvalue weighted by Crippen LogP contribution is -2.53. The van der Waals surface area contributed by atoms with Gasteiger partial charge in [0.2, 0.25) is 5.96 Å². The van der Waals surface area contributed by atoms with E-state index in [2.05, 4.69) is 20.9 Å². The normalized spacial score (nSPS) is 16.2. The van der Waals surface area contributed by atoms with E-state index in [0.717, 1.165) is 0 Å². The van der Waals surface area contributed by atoms with E-state index in [1.165, 1.54) is 48.5 Å². The van der Waals surface area contributed by atoms with Crippen LogP contribution in [-0.4, -0.2) is 24.5 Å². The first kappa shape index (κ1) is 17.3. The Morgan fingerprint density at radius 2 is 1.69 bits per heavy atom. The number of hydrogen-bond acceptors (Lipinski definition) is 4. The van der Waals surface area contributed by atoms with Gasteiger partial charge in [-0.25, -0.2) is 18.6 Å². The molecule has 134 valence electrons. The molecule has 2 aromatic carbocycles. The van der Waals surface area contributed by atoms with Crippen LogP contribution in [0.15, 0.2) is 53.5 Å². The van der Waals surface area contributed by atoms with Crippen molar-refractivity contribution < 1.29 is 23.1 Å². The average Bonchev–Trinajstić information content (AvgIpc) is 2.61. The van der Waals surface area contributed by atoms with E-state index in [4.69, 9.17) is 4.74 Å². The molecular formula is C17H14F2N4O3. The summed E-state index contributed by atoms with van der Waals surface area (Å²) in [7, 11) is 0. The fourth-order valence-electron chi connectivity index (χ4n) is 2.18. The Hall–Kier alpha value is -3.49. The van der Waals surface area contributed by atoms with Gasteiger partial charge in [-0.3, -0.25) is 15.4 Å². The second-order valence-electron chi connectivity index (χ2n) is 5.32. The molecule has 7 nitrogen and oxygen atoms in total. The second kappa shape index (κ2) is 7.60. The first-order chi connectivity index (χ1) is 12.5. The molecule has 0 aliphatic carbocycles. The number of carbonyl (C=O) groups is 2. The number of ether oxygens (including phenoxy) is 1. The summed E-state index contributed by atoms with van der Waals surface area (Å²) >= 11 is 0. The van der Waals surface area contributed by atoms with Crippen LogP contribution in [0.2, 0.25) is 0 Å². The zero-order chi connectivity index (χ0) is 18.5. The number of guanidine groups is 1. The van der Waals surface area contributed by atoms with Gasteiger partial charge in [0.25, 0.3) is 5.91 Å². The molecule has 0 aromatic heterocycles. The molecule has 0 saturated heterocycles. The molecule has 1 aliphatic heterocycles. The molecule has 2 aromatic rings. The quantitative estimate of drug-likeness (QED) is 0.777. The highest BCUT2D eigenvalue weighted by molar-refractivity contribution is 6.05. The first-order valence-corrected chi connectivity index (χ1v) is 7.58. The van der Waals surface area contributed by atoms with E-state index in [1.54, 1.807) is 0 Å². The Morgan fingerprint density at radius 3 is 2.35 bits per heavy atom. The largest absolute Gasteiger partial charge is 0.484 e. The van der Waals surface area contributed by atoms with Crippen LogP contribution in [0, 0.1) is 11.6 Å². The summed E-state index contributed by atoms with van der Waals surface area (Å²) in [5, 5.41) is 7.30. The topological polar surface area (TPSA) is 91.8 Å². The number of carbonyl (C=O) groups excluding carboxylic acids is 2. The number of amides is 3. The number of nitrogens with one attached hydrogen (secondary N) is 3. The van der Waals surface area contributed by atoms with Crippen molar-refractivity contribution in [2.24, 2.45) is 4.99 Å². The third-order valence-corrected chi connectivity index (χ3v) is 3.39. The van der Waals surface area contributed by atoms with Crippen LogP contribution in [0.1, 0.15) is 11.7 Å². The molecule has 26 heavy (non-hydrogen) atoms. The van der Waals surface area contributed by atoms with Crippen LogP contribution in [0.5, 0.6) is 5.75 Å². The summed E-state index contributed by atoms with van der Waals surface area (Å²) in [6, 6.07) is 10.1. The molecule has 0 bridgehead atoms. The van der Waals surface area contributed by atoms with Crippen molar-refractivity contribution in [2.75, 3.05) is 6.61 Å². The van der Waals surface area contributed by atoms with Crippen LogP contribution < -0.4 is 20.7 Å². The Kier molecular flexibility index (Phi) is 5.07. The second-order valence-corrected chi connectivity index (χ2v) is 5.32. The number of nitrogens with zero attached hydrogens (tertiary/aromatic N) is 1. The van der Waals surface area contributed by atoms with Gasteiger partial charge in [-0.15, -0.1) is 0 Å². The lowest BCUT2D eigenvalue weighted by molar-refractivity contribution is -0.121. The highest BCUT2D eigenvalue weighted by Gasteiger charge is 2.22. The van der Waals surface area contributed by atoms with E-state index in [1.807, 2.05) is 0 Å². The molecule has 0 radical (unpaired) electrons. The molecule has 1 aliphatic rings. The number of halogens is 2. The smallest absolute Gasteiger partial charge is 0.323 e. The van der Waals surface area contributed by atoms with Gasteiger partial charge in [-0.1, -0.05) is 12.1 Å². The van der Waals surface area contributed by atoms with E-state index in [9.17, 15) is 18.4 Å². The molecule has 0 fully saturated rings. The molecule has 9 heteroatoms. The van der Waals surface area contributed by atoms with Crippen molar-refractivity contribution >= 4 is 17.9 Å². The van der Waals surface area contributed by atoms with E-state index < -0.39 is 29.7 Å². The highest BCUT2D eigenvalue weighted by Crippen LogP contribution is 2.16. The predicted octanol–water partition coefficient (Wildman–Crippen LogP) is 1.83. The number of urea groups is 1. The van der Waals surface area contributed by atoms with Crippen molar-refractivity contribution in [2.45, 2.75) is 6.17 Å². The van der Waals surface area contributed by atoms with E-state index in [0.29, 0.717) is 11.3 Å². The summed E-state index contributed by atoms with van der Waals surface area (Å²) in [5.41, 5.74) is 0.551. The lowest BCUT2D eigenvalue weighted by atomic mass is 10.1. The van der Waals surface area contributed by atoms with Gasteiger partial charge in [0.1, 0.15) is 17.4 Å². The van der Waals surface area contributed by atoms with Crippen molar-refractivity contribution in [1.82, 2.24) is 16.0 Å². The minimum atomic E-state index is -0.766.